The zero-order valence-electron chi connectivity index (χ0n) is 15.8. The van der Waals surface area contributed by atoms with Crippen LogP contribution in [0.3, 0.4) is 0 Å². The van der Waals surface area contributed by atoms with E-state index in [4.69, 9.17) is 9.15 Å². The first-order chi connectivity index (χ1) is 14.0. The first kappa shape index (κ1) is 18.7. The topological polar surface area (TPSA) is 94.6 Å². The molecule has 8 heteroatoms. The molecule has 0 N–H and O–H groups in total. The predicted octanol–water partition coefficient (Wildman–Crippen LogP) is 2.02. The molecule has 0 fully saturated rings. The van der Waals surface area contributed by atoms with Crippen LogP contribution in [0, 0.1) is 0 Å². The van der Waals surface area contributed by atoms with Gasteiger partial charge in [0.2, 0.25) is 5.89 Å². The maximum atomic E-state index is 12.6. The monoisotopic (exact) mass is 393 g/mol. The average Bonchev–Trinajstić information content (AvgIpc) is 3.26. The van der Waals surface area contributed by atoms with Crippen LogP contribution in [0.5, 0.6) is 0 Å². The summed E-state index contributed by atoms with van der Waals surface area (Å²) in [5.41, 5.74) is 2.54. The predicted molar refractivity (Wildman–Crippen MR) is 104 cm³/mol. The van der Waals surface area contributed by atoms with E-state index >= 15 is 0 Å². The average molecular weight is 393 g/mol. The number of hydrogen-bond donors (Lipinski definition) is 0. The highest BCUT2D eigenvalue weighted by Gasteiger charge is 2.31. The molecule has 29 heavy (non-hydrogen) atoms. The van der Waals surface area contributed by atoms with Crippen LogP contribution in [0.2, 0.25) is 0 Å². The van der Waals surface area contributed by atoms with Gasteiger partial charge in [-0.2, -0.15) is 4.68 Å². The third-order valence-corrected chi connectivity index (χ3v) is 4.74. The number of esters is 1. The van der Waals surface area contributed by atoms with Crippen molar-refractivity contribution in [1.29, 1.82) is 0 Å². The van der Waals surface area contributed by atoms with Crippen molar-refractivity contribution in [3.63, 3.8) is 0 Å². The van der Waals surface area contributed by atoms with Crippen LogP contribution in [-0.4, -0.2) is 34.3 Å². The van der Waals surface area contributed by atoms with Crippen molar-refractivity contribution >= 4 is 17.6 Å². The molecule has 1 atom stereocenters. The van der Waals surface area contributed by atoms with Crippen LogP contribution in [0.15, 0.2) is 63.8 Å². The maximum absolute atomic E-state index is 12.6. The van der Waals surface area contributed by atoms with Crippen molar-refractivity contribution in [3.05, 3.63) is 70.7 Å². The van der Waals surface area contributed by atoms with Gasteiger partial charge in [0.25, 0.3) is 5.91 Å². The number of fused-ring (bicyclic) bond motifs is 1. The SMILES string of the molecule is C[C@@H]1Cc2ccccc2N1C(=O)COC(=O)Cn1nc(-c2ccccc2)oc1=O. The number of carbonyl (C=O) groups is 2. The number of para-hydroxylation sites is 1. The van der Waals surface area contributed by atoms with E-state index < -0.39 is 24.9 Å². The minimum Gasteiger partial charge on any atom is -0.454 e. The molecular formula is C21H19N3O5. The number of anilines is 1. The molecule has 8 nitrogen and oxygen atoms in total. The first-order valence-electron chi connectivity index (χ1n) is 9.22. The van der Waals surface area contributed by atoms with Crippen molar-refractivity contribution in [1.82, 2.24) is 9.78 Å². The Hall–Kier alpha value is -3.68. The summed E-state index contributed by atoms with van der Waals surface area (Å²) in [6.07, 6.45) is 0.756. The molecule has 3 aromatic rings. The van der Waals surface area contributed by atoms with E-state index in [0.29, 0.717) is 5.56 Å². The fraction of sp³-hybridized carbons (Fsp3) is 0.238. The normalized spacial score (nSPS) is 15.2. The summed E-state index contributed by atoms with van der Waals surface area (Å²) in [7, 11) is 0. The molecule has 0 radical (unpaired) electrons. The van der Waals surface area contributed by atoms with Gasteiger partial charge in [-0.25, -0.2) is 4.79 Å². The fourth-order valence-corrected chi connectivity index (χ4v) is 3.43. The summed E-state index contributed by atoms with van der Waals surface area (Å²) in [5, 5.41) is 4.01. The van der Waals surface area contributed by atoms with Crippen molar-refractivity contribution in [3.8, 4) is 11.5 Å². The second kappa shape index (κ2) is 7.75. The number of nitrogens with zero attached hydrogens (tertiary/aromatic N) is 3. The van der Waals surface area contributed by atoms with Gasteiger partial charge in [0.1, 0.15) is 6.54 Å². The van der Waals surface area contributed by atoms with Crippen molar-refractivity contribution in [2.24, 2.45) is 0 Å². The Morgan fingerprint density at radius 2 is 1.86 bits per heavy atom. The van der Waals surface area contributed by atoms with Gasteiger partial charge in [-0.05, 0) is 37.1 Å². The van der Waals surface area contributed by atoms with E-state index in [0.717, 1.165) is 22.4 Å². The highest BCUT2D eigenvalue weighted by atomic mass is 16.5. The standard InChI is InChI=1S/C21H19N3O5/c1-14-11-16-9-5-6-10-17(16)24(14)18(25)13-28-19(26)12-23-21(27)29-20(22-23)15-7-3-2-4-8-15/h2-10,14H,11-13H2,1H3/t14-/m1/s1. The van der Waals surface area contributed by atoms with Crippen LogP contribution >= 0.6 is 0 Å². The number of aromatic nitrogens is 2. The second-order valence-corrected chi connectivity index (χ2v) is 6.80. The van der Waals surface area contributed by atoms with Gasteiger partial charge in [-0.15, -0.1) is 5.10 Å². The van der Waals surface area contributed by atoms with E-state index in [1.165, 1.54) is 0 Å². The fourth-order valence-electron chi connectivity index (χ4n) is 3.43. The molecule has 4 rings (SSSR count). The van der Waals surface area contributed by atoms with Crippen LogP contribution in [0.25, 0.3) is 11.5 Å². The molecule has 2 aromatic carbocycles. The molecule has 2 heterocycles. The number of ether oxygens (including phenoxy) is 1. The molecule has 1 amide bonds. The molecule has 148 valence electrons. The molecule has 1 aliphatic rings. The van der Waals surface area contributed by atoms with Crippen molar-refractivity contribution < 1.29 is 18.7 Å². The smallest absolute Gasteiger partial charge is 0.437 e. The van der Waals surface area contributed by atoms with E-state index in [1.807, 2.05) is 37.3 Å². The highest BCUT2D eigenvalue weighted by molar-refractivity contribution is 5.97. The van der Waals surface area contributed by atoms with Gasteiger partial charge in [0, 0.05) is 17.3 Å². The number of carbonyl (C=O) groups excluding carboxylic acids is 2. The Kier molecular flexibility index (Phi) is 4.99. The lowest BCUT2D eigenvalue weighted by Crippen LogP contribution is -2.39. The molecule has 0 spiro atoms. The molecule has 0 unspecified atom stereocenters. The summed E-state index contributed by atoms with van der Waals surface area (Å²) in [6.45, 7) is 1.10. The zero-order chi connectivity index (χ0) is 20.4. The van der Waals surface area contributed by atoms with E-state index in [2.05, 4.69) is 5.10 Å². The third-order valence-electron chi connectivity index (χ3n) is 4.74. The van der Waals surface area contributed by atoms with E-state index in [1.54, 1.807) is 29.2 Å². The summed E-state index contributed by atoms with van der Waals surface area (Å²) >= 11 is 0. The van der Waals surface area contributed by atoms with Gasteiger partial charge >= 0.3 is 11.7 Å². The summed E-state index contributed by atoms with van der Waals surface area (Å²) < 4.78 is 11.0. The van der Waals surface area contributed by atoms with E-state index in [9.17, 15) is 14.4 Å². The lowest BCUT2D eigenvalue weighted by Gasteiger charge is -2.22. The first-order valence-corrected chi connectivity index (χ1v) is 9.22. The molecule has 0 bridgehead atoms. The molecule has 1 aromatic heterocycles. The number of hydrogen-bond acceptors (Lipinski definition) is 6. The van der Waals surface area contributed by atoms with Gasteiger partial charge in [0.15, 0.2) is 6.61 Å². The highest BCUT2D eigenvalue weighted by Crippen LogP contribution is 2.31. The van der Waals surface area contributed by atoms with Crippen molar-refractivity contribution in [2.45, 2.75) is 25.9 Å². The quantitative estimate of drug-likeness (QED) is 0.616. The van der Waals surface area contributed by atoms with Crippen LogP contribution in [-0.2, 0) is 27.3 Å². The zero-order valence-corrected chi connectivity index (χ0v) is 15.8. The Bertz CT molecular complexity index is 1100. The molecule has 0 saturated carbocycles. The van der Waals surface area contributed by atoms with E-state index in [-0.39, 0.29) is 17.8 Å². The minimum absolute atomic E-state index is 0.00908. The molecule has 1 aliphatic heterocycles. The molecule has 0 aliphatic carbocycles. The van der Waals surface area contributed by atoms with Gasteiger partial charge < -0.3 is 14.1 Å². The maximum Gasteiger partial charge on any atom is 0.437 e. The van der Waals surface area contributed by atoms with Crippen LogP contribution < -0.4 is 10.7 Å². The molecule has 0 saturated heterocycles. The Balaban J connectivity index is 1.38. The minimum atomic E-state index is -0.769. The number of rotatable bonds is 5. The Morgan fingerprint density at radius 1 is 1.14 bits per heavy atom. The Labute approximate surface area is 166 Å². The van der Waals surface area contributed by atoms with Gasteiger partial charge in [-0.1, -0.05) is 36.4 Å². The van der Waals surface area contributed by atoms with Crippen molar-refractivity contribution in [2.75, 3.05) is 11.5 Å². The van der Waals surface area contributed by atoms with Gasteiger partial charge in [0.05, 0.1) is 0 Å². The van der Waals surface area contributed by atoms with Gasteiger partial charge in [-0.3, -0.25) is 9.59 Å². The third kappa shape index (κ3) is 3.82. The summed E-state index contributed by atoms with van der Waals surface area (Å²) in [5.74, 6) is -1.71. The number of amides is 1. The largest absolute Gasteiger partial charge is 0.454 e. The Morgan fingerprint density at radius 3 is 2.66 bits per heavy atom. The lowest BCUT2D eigenvalue weighted by atomic mass is 10.1. The van der Waals surface area contributed by atoms with Crippen LogP contribution in [0.4, 0.5) is 5.69 Å². The summed E-state index contributed by atoms with van der Waals surface area (Å²) in [4.78, 5) is 38.3. The molecular weight excluding hydrogens is 374 g/mol. The number of benzene rings is 2. The van der Waals surface area contributed by atoms with Crippen LogP contribution in [0.1, 0.15) is 12.5 Å². The summed E-state index contributed by atoms with van der Waals surface area (Å²) in [6, 6.07) is 16.5. The lowest BCUT2D eigenvalue weighted by molar-refractivity contribution is -0.148. The second-order valence-electron chi connectivity index (χ2n) is 6.80.